The Bertz CT molecular complexity index is 396. The third-order valence-corrected chi connectivity index (χ3v) is 3.14. The van der Waals surface area contributed by atoms with E-state index in [1.54, 1.807) is 19.1 Å². The average Bonchev–Trinajstić information content (AvgIpc) is 2.34. The molecule has 0 aliphatic carbocycles. The van der Waals surface area contributed by atoms with Gasteiger partial charge in [-0.25, -0.2) is 4.39 Å². The van der Waals surface area contributed by atoms with E-state index < -0.39 is 5.82 Å². The van der Waals surface area contributed by atoms with Crippen molar-refractivity contribution in [1.82, 2.24) is 0 Å². The van der Waals surface area contributed by atoms with Crippen molar-refractivity contribution >= 4 is 16.9 Å². The number of carbonyl (C=O) groups excluding carboxylic acids is 1. The minimum Gasteiger partial charge on any atom is -0.464 e. The molecule has 3 nitrogen and oxygen atoms in total. The maximum absolute atomic E-state index is 13.4. The van der Waals surface area contributed by atoms with Gasteiger partial charge in [0.1, 0.15) is 0 Å². The molecule has 100 valence electrons. The monoisotopic (exact) mass is 272 g/mol. The summed E-state index contributed by atoms with van der Waals surface area (Å²) in [6.07, 6.45) is 1.67. The van der Waals surface area contributed by atoms with E-state index in [-0.39, 0.29) is 17.7 Å². The predicted molar refractivity (Wildman–Crippen MR) is 70.4 cm³/mol. The Balaban J connectivity index is 2.48. The largest absolute Gasteiger partial charge is 0.464 e. The lowest BCUT2D eigenvalue weighted by atomic mass is 10.1. The number of carbonyl (C=O) groups is 1. The summed E-state index contributed by atoms with van der Waals surface area (Å²) in [5.41, 5.74) is 0.992. The van der Waals surface area contributed by atoms with E-state index >= 15 is 0 Å². The first-order valence-corrected chi connectivity index (χ1v) is 6.65. The van der Waals surface area contributed by atoms with Crippen LogP contribution >= 0.6 is 11.8 Å². The van der Waals surface area contributed by atoms with Gasteiger partial charge in [0, 0.05) is 19.8 Å². The number of hydrogen-bond acceptors (Lipinski definition) is 4. The highest BCUT2D eigenvalue weighted by atomic mass is 32.2. The Morgan fingerprint density at radius 1 is 1.44 bits per heavy atom. The standard InChI is InChI=1S/C13H17FO3S/c1-10(15)18-7-3-4-11-5-6-12(14)13(8-11)17-9-16-2/h5-6,8H,3-4,7,9H2,1-2H3. The summed E-state index contributed by atoms with van der Waals surface area (Å²) in [7, 11) is 1.49. The highest BCUT2D eigenvalue weighted by Crippen LogP contribution is 2.20. The van der Waals surface area contributed by atoms with Crippen LogP contribution in [0.2, 0.25) is 0 Å². The van der Waals surface area contributed by atoms with Crippen LogP contribution in [0.1, 0.15) is 18.9 Å². The molecule has 0 aliphatic heterocycles. The lowest BCUT2D eigenvalue weighted by molar-refractivity contribution is -0.109. The van der Waals surface area contributed by atoms with Crippen molar-refractivity contribution in [2.45, 2.75) is 19.8 Å². The van der Waals surface area contributed by atoms with E-state index in [9.17, 15) is 9.18 Å². The van der Waals surface area contributed by atoms with Gasteiger partial charge < -0.3 is 9.47 Å². The number of ether oxygens (including phenoxy) is 2. The molecule has 0 bridgehead atoms. The van der Waals surface area contributed by atoms with Crippen LogP contribution in [-0.2, 0) is 16.0 Å². The molecule has 0 heterocycles. The highest BCUT2D eigenvalue weighted by Gasteiger charge is 2.05. The number of thioether (sulfide) groups is 1. The quantitative estimate of drug-likeness (QED) is 0.564. The summed E-state index contributed by atoms with van der Waals surface area (Å²) in [4.78, 5) is 10.8. The zero-order valence-corrected chi connectivity index (χ0v) is 11.4. The van der Waals surface area contributed by atoms with Crippen LogP contribution < -0.4 is 4.74 Å². The van der Waals surface area contributed by atoms with Gasteiger partial charge in [0.2, 0.25) is 0 Å². The molecule has 0 unspecified atom stereocenters. The summed E-state index contributed by atoms with van der Waals surface area (Å²) in [5.74, 6) is 0.587. The molecule has 1 aromatic rings. The van der Waals surface area contributed by atoms with Crippen LogP contribution in [0.3, 0.4) is 0 Å². The van der Waals surface area contributed by atoms with Crippen LogP contribution in [0.25, 0.3) is 0 Å². The van der Waals surface area contributed by atoms with E-state index in [0.717, 1.165) is 24.2 Å². The Morgan fingerprint density at radius 3 is 2.89 bits per heavy atom. The number of hydrogen-bond donors (Lipinski definition) is 0. The summed E-state index contributed by atoms with van der Waals surface area (Å²) >= 11 is 1.31. The van der Waals surface area contributed by atoms with Crippen molar-refractivity contribution < 1.29 is 18.7 Å². The molecule has 0 saturated heterocycles. The third kappa shape index (κ3) is 5.51. The predicted octanol–water partition coefficient (Wildman–Crippen LogP) is 3.02. The molecule has 0 saturated carbocycles. The molecule has 1 aromatic carbocycles. The lowest BCUT2D eigenvalue weighted by Gasteiger charge is -2.08. The Labute approximate surface area is 111 Å². The summed E-state index contributed by atoms with van der Waals surface area (Å²) in [6, 6.07) is 4.79. The van der Waals surface area contributed by atoms with Gasteiger partial charge in [-0.1, -0.05) is 17.8 Å². The van der Waals surface area contributed by atoms with Gasteiger partial charge in [0.25, 0.3) is 0 Å². The SMILES string of the molecule is COCOc1cc(CCCSC(C)=O)ccc1F. The van der Waals surface area contributed by atoms with Gasteiger partial charge in [-0.15, -0.1) is 0 Å². The van der Waals surface area contributed by atoms with Crippen molar-refractivity contribution in [2.75, 3.05) is 19.7 Å². The Kier molecular flexibility index (Phi) is 6.75. The molecule has 0 fully saturated rings. The van der Waals surface area contributed by atoms with Gasteiger partial charge in [-0.2, -0.15) is 0 Å². The highest BCUT2D eigenvalue weighted by molar-refractivity contribution is 8.13. The second kappa shape index (κ2) is 8.11. The molecule has 0 radical (unpaired) electrons. The molecule has 5 heteroatoms. The molecule has 0 amide bonds. The topological polar surface area (TPSA) is 35.5 Å². The van der Waals surface area contributed by atoms with Crippen LogP contribution in [0.5, 0.6) is 5.75 Å². The molecule has 18 heavy (non-hydrogen) atoms. The summed E-state index contributed by atoms with van der Waals surface area (Å²) in [6.45, 7) is 1.58. The van der Waals surface area contributed by atoms with Crippen molar-refractivity contribution in [3.63, 3.8) is 0 Å². The number of aryl methyl sites for hydroxylation is 1. The molecular weight excluding hydrogens is 255 g/mol. The minimum atomic E-state index is -0.395. The van der Waals surface area contributed by atoms with Crippen LogP contribution in [0.15, 0.2) is 18.2 Å². The van der Waals surface area contributed by atoms with Crippen LogP contribution in [-0.4, -0.2) is 24.8 Å². The van der Waals surface area contributed by atoms with E-state index in [0.29, 0.717) is 0 Å². The van der Waals surface area contributed by atoms with Crippen molar-refractivity contribution in [1.29, 1.82) is 0 Å². The van der Waals surface area contributed by atoms with Crippen molar-refractivity contribution in [2.24, 2.45) is 0 Å². The number of rotatable bonds is 7. The molecule has 0 aliphatic rings. The molecule has 0 spiro atoms. The van der Waals surface area contributed by atoms with Crippen molar-refractivity contribution in [3.8, 4) is 5.75 Å². The minimum absolute atomic E-state index is 0.0283. The maximum atomic E-state index is 13.4. The molecular formula is C13H17FO3S. The second-order valence-corrected chi connectivity index (χ2v) is 5.03. The maximum Gasteiger partial charge on any atom is 0.188 e. The van der Waals surface area contributed by atoms with Gasteiger partial charge in [-0.3, -0.25) is 4.79 Å². The van der Waals surface area contributed by atoms with Gasteiger partial charge in [0.15, 0.2) is 23.5 Å². The van der Waals surface area contributed by atoms with E-state index in [4.69, 9.17) is 9.47 Å². The van der Waals surface area contributed by atoms with Gasteiger partial charge in [-0.05, 0) is 30.5 Å². The molecule has 0 atom stereocenters. The van der Waals surface area contributed by atoms with Crippen LogP contribution in [0, 0.1) is 5.82 Å². The fourth-order valence-electron chi connectivity index (χ4n) is 1.43. The molecule has 1 rings (SSSR count). The normalized spacial score (nSPS) is 10.4. The van der Waals surface area contributed by atoms with Crippen LogP contribution in [0.4, 0.5) is 4.39 Å². The number of benzene rings is 1. The summed E-state index contributed by atoms with van der Waals surface area (Å²) < 4.78 is 23.2. The van der Waals surface area contributed by atoms with E-state index in [2.05, 4.69) is 0 Å². The van der Waals surface area contributed by atoms with E-state index in [1.165, 1.54) is 24.9 Å². The first-order valence-electron chi connectivity index (χ1n) is 5.67. The Hall–Kier alpha value is -1.07. The second-order valence-electron chi connectivity index (χ2n) is 3.76. The van der Waals surface area contributed by atoms with Crippen molar-refractivity contribution in [3.05, 3.63) is 29.6 Å². The molecule has 0 aromatic heterocycles. The molecule has 0 N–H and O–H groups in total. The fourth-order valence-corrected chi connectivity index (χ4v) is 2.00. The van der Waals surface area contributed by atoms with Gasteiger partial charge in [0.05, 0.1) is 0 Å². The third-order valence-electron chi connectivity index (χ3n) is 2.24. The fraction of sp³-hybridized carbons (Fsp3) is 0.462. The number of methoxy groups -OCH3 is 1. The van der Waals surface area contributed by atoms with Gasteiger partial charge >= 0.3 is 0 Å². The zero-order valence-electron chi connectivity index (χ0n) is 10.6. The average molecular weight is 272 g/mol. The zero-order chi connectivity index (χ0) is 13.4. The van der Waals surface area contributed by atoms with E-state index in [1.807, 2.05) is 0 Å². The number of halogens is 1. The summed E-state index contributed by atoms with van der Waals surface area (Å²) in [5, 5.41) is 0.123. The lowest BCUT2D eigenvalue weighted by Crippen LogP contribution is -2.01. The smallest absolute Gasteiger partial charge is 0.188 e. The first-order chi connectivity index (χ1) is 8.63. The first kappa shape index (κ1) is 15.0. The Morgan fingerprint density at radius 2 is 2.22 bits per heavy atom.